The highest BCUT2D eigenvalue weighted by Crippen LogP contribution is 2.37. The molecule has 238 valence electrons. The lowest BCUT2D eigenvalue weighted by molar-refractivity contribution is -0.00372. The number of hydrogen-bond acceptors (Lipinski definition) is 13. The maximum atomic E-state index is 12.0. The van der Waals surface area contributed by atoms with E-state index >= 15 is 0 Å². The number of nitrogens with zero attached hydrogens (tertiary/aromatic N) is 6. The zero-order valence-electron chi connectivity index (χ0n) is 24.7. The molecule has 2 aliphatic heterocycles. The van der Waals surface area contributed by atoms with E-state index in [0.717, 1.165) is 65.0 Å². The lowest BCUT2D eigenvalue weighted by Gasteiger charge is -2.32. The van der Waals surface area contributed by atoms with Crippen LogP contribution in [0.25, 0.3) is 32.5 Å². The molecule has 2 fully saturated rings. The van der Waals surface area contributed by atoms with Crippen molar-refractivity contribution in [2.45, 2.75) is 32.0 Å². The number of anilines is 2. The zero-order chi connectivity index (χ0) is 30.7. The highest BCUT2D eigenvalue weighted by atomic mass is 32.2. The van der Waals surface area contributed by atoms with Gasteiger partial charge in [0.05, 0.1) is 40.6 Å². The van der Waals surface area contributed by atoms with E-state index in [1.807, 2.05) is 23.7 Å². The number of rotatable bonds is 12. The van der Waals surface area contributed by atoms with Crippen molar-refractivity contribution in [3.8, 4) is 11.4 Å². The molecule has 16 heteroatoms. The number of hydrogen-bond donors (Lipinski definition) is 5. The Morgan fingerprint density at radius 1 is 1.11 bits per heavy atom. The maximum Gasteiger partial charge on any atom is 0.211 e. The first kappa shape index (κ1) is 31.0. The number of hydroxylamine groups is 1. The molecule has 0 radical (unpaired) electrons. The van der Waals surface area contributed by atoms with Crippen molar-refractivity contribution in [2.24, 2.45) is 0 Å². The van der Waals surface area contributed by atoms with Gasteiger partial charge >= 0.3 is 0 Å². The third-order valence-corrected chi connectivity index (χ3v) is 10.5. The summed E-state index contributed by atoms with van der Waals surface area (Å²) in [5.41, 5.74) is 4.50. The van der Waals surface area contributed by atoms with Gasteiger partial charge < -0.3 is 25.3 Å². The van der Waals surface area contributed by atoms with Gasteiger partial charge in [-0.3, -0.25) is 10.00 Å². The number of aromatic nitrogens is 4. The van der Waals surface area contributed by atoms with Crippen LogP contribution in [0.3, 0.4) is 0 Å². The number of ether oxygens (including phenoxy) is 1. The van der Waals surface area contributed by atoms with Gasteiger partial charge in [0.25, 0.3) is 0 Å². The number of aromatic amines is 1. The molecule has 5 heterocycles. The summed E-state index contributed by atoms with van der Waals surface area (Å²) in [5, 5.41) is 30.3. The normalized spacial score (nSPS) is 17.9. The van der Waals surface area contributed by atoms with Gasteiger partial charge in [0.1, 0.15) is 6.23 Å². The molecule has 5 N–H and O–H groups in total. The minimum Gasteiger partial charge on any atom is -0.378 e. The van der Waals surface area contributed by atoms with Crippen LogP contribution in [0.5, 0.6) is 0 Å². The van der Waals surface area contributed by atoms with E-state index in [4.69, 9.17) is 19.9 Å². The van der Waals surface area contributed by atoms with Crippen LogP contribution >= 0.6 is 11.3 Å². The molecule has 1 unspecified atom stereocenters. The Morgan fingerprint density at radius 2 is 1.91 bits per heavy atom. The summed E-state index contributed by atoms with van der Waals surface area (Å²) < 4.78 is 32.1. The smallest absolute Gasteiger partial charge is 0.211 e. The molecular formula is C28H39N9O5S2. The molecule has 0 saturated carbocycles. The van der Waals surface area contributed by atoms with E-state index in [2.05, 4.69) is 31.4 Å². The van der Waals surface area contributed by atoms with Crippen molar-refractivity contribution >= 4 is 54.1 Å². The van der Waals surface area contributed by atoms with Crippen LogP contribution in [0.4, 0.5) is 11.6 Å². The van der Waals surface area contributed by atoms with Crippen LogP contribution in [-0.2, 0) is 21.3 Å². The zero-order valence-corrected chi connectivity index (χ0v) is 26.3. The summed E-state index contributed by atoms with van der Waals surface area (Å²) in [6.45, 7) is 6.52. The average molecular weight is 646 g/mol. The van der Waals surface area contributed by atoms with Crippen molar-refractivity contribution in [3.63, 3.8) is 0 Å². The summed E-state index contributed by atoms with van der Waals surface area (Å²) in [4.78, 5) is 16.0. The van der Waals surface area contributed by atoms with E-state index in [-0.39, 0.29) is 0 Å². The second-order valence-electron chi connectivity index (χ2n) is 11.2. The number of fused-ring (bicyclic) bond motifs is 2. The van der Waals surface area contributed by atoms with Crippen LogP contribution in [-0.4, -0.2) is 120 Å². The summed E-state index contributed by atoms with van der Waals surface area (Å²) in [5.74, 6) is 2.24. The number of morpholine rings is 1. The Morgan fingerprint density at radius 3 is 2.66 bits per heavy atom. The molecule has 6 rings (SSSR count). The van der Waals surface area contributed by atoms with Gasteiger partial charge in [0, 0.05) is 62.8 Å². The third-order valence-electron chi connectivity index (χ3n) is 8.07. The quantitative estimate of drug-likeness (QED) is 0.0864. The maximum absolute atomic E-state index is 12.0. The van der Waals surface area contributed by atoms with Crippen LogP contribution in [0.1, 0.15) is 24.1 Å². The summed E-state index contributed by atoms with van der Waals surface area (Å²) in [7, 11) is -3.17. The number of benzene rings is 1. The Hall–Kier alpha value is -2.96. The molecular weight excluding hydrogens is 607 g/mol. The van der Waals surface area contributed by atoms with Gasteiger partial charge in [0.15, 0.2) is 17.5 Å². The van der Waals surface area contributed by atoms with Crippen LogP contribution in [0.15, 0.2) is 24.3 Å². The second kappa shape index (κ2) is 13.6. The predicted octanol–water partition coefficient (Wildman–Crippen LogP) is 2.03. The number of nitrogens with one attached hydrogen (secondary N) is 3. The molecule has 44 heavy (non-hydrogen) atoms. The number of unbranched alkanes of at least 4 members (excludes halogenated alkanes) is 1. The minimum atomic E-state index is -3.17. The molecule has 1 atom stereocenters. The van der Waals surface area contributed by atoms with Crippen LogP contribution in [0.2, 0.25) is 0 Å². The van der Waals surface area contributed by atoms with Gasteiger partial charge in [-0.15, -0.1) is 11.3 Å². The van der Waals surface area contributed by atoms with Gasteiger partial charge in [-0.1, -0.05) is 12.1 Å². The molecule has 4 aromatic rings. The van der Waals surface area contributed by atoms with E-state index < -0.39 is 16.3 Å². The van der Waals surface area contributed by atoms with Crippen molar-refractivity contribution in [1.82, 2.24) is 34.9 Å². The van der Waals surface area contributed by atoms with Crippen molar-refractivity contribution in [2.75, 3.05) is 75.5 Å². The third kappa shape index (κ3) is 6.97. The topological polar surface area (TPSA) is 172 Å². The fraction of sp³-hybridized carbons (Fsp3) is 0.536. The highest BCUT2D eigenvalue weighted by molar-refractivity contribution is 7.88. The molecule has 3 aromatic heterocycles. The lowest BCUT2D eigenvalue weighted by Crippen LogP contribution is -2.47. The molecule has 14 nitrogen and oxygen atoms in total. The van der Waals surface area contributed by atoms with Gasteiger partial charge in [-0.25, -0.2) is 18.4 Å². The average Bonchev–Trinajstić information content (AvgIpc) is 3.64. The van der Waals surface area contributed by atoms with Crippen molar-refractivity contribution < 1.29 is 23.5 Å². The Balaban J connectivity index is 1.29. The van der Waals surface area contributed by atoms with Crippen molar-refractivity contribution in [3.05, 3.63) is 29.1 Å². The van der Waals surface area contributed by atoms with E-state index in [1.54, 1.807) is 15.6 Å². The number of thiophene rings is 1. The van der Waals surface area contributed by atoms with E-state index in [0.29, 0.717) is 64.0 Å². The number of aliphatic hydroxyl groups is 1. The summed E-state index contributed by atoms with van der Waals surface area (Å²) in [6, 6.07) is 8.11. The van der Waals surface area contributed by atoms with E-state index in [9.17, 15) is 13.5 Å². The standard InChI is InChI=1S/C28H39N9O5S2/c1-44(40,41)37-11-9-35(10-12-37)18-19-17-22-25(43-19)28(36-13-15-42-16-14-36)31-26(30-22)20-5-4-6-21-24(20)27(33-32-21)29-8-3-2-7-23(38)34-39/h4-6,17,23,34,38-39H,2-3,7-16,18H2,1H3,(H2,29,32,33). The lowest BCUT2D eigenvalue weighted by atomic mass is 10.1. The van der Waals surface area contributed by atoms with Gasteiger partial charge in [-0.2, -0.15) is 14.9 Å². The molecule has 1 aromatic carbocycles. The molecule has 2 saturated heterocycles. The largest absolute Gasteiger partial charge is 0.378 e. The Labute approximate surface area is 260 Å². The SMILES string of the molecule is CS(=O)(=O)N1CCN(Cc2cc3nc(-c4cccc5[nH]nc(NCCCCC(O)NO)c45)nc(N4CCOCC4)c3s2)CC1. The first-order valence-corrected chi connectivity index (χ1v) is 17.6. The van der Waals surface area contributed by atoms with Gasteiger partial charge in [-0.05, 0) is 31.4 Å². The van der Waals surface area contributed by atoms with Crippen molar-refractivity contribution in [1.29, 1.82) is 0 Å². The Kier molecular flexibility index (Phi) is 9.58. The molecule has 0 amide bonds. The number of H-pyrrole nitrogens is 1. The molecule has 2 aliphatic rings. The predicted molar refractivity (Wildman–Crippen MR) is 170 cm³/mol. The minimum absolute atomic E-state index is 0.447. The fourth-order valence-electron chi connectivity index (χ4n) is 5.71. The summed E-state index contributed by atoms with van der Waals surface area (Å²) in [6.07, 6.45) is 2.31. The summed E-state index contributed by atoms with van der Waals surface area (Å²) >= 11 is 1.70. The first-order valence-electron chi connectivity index (χ1n) is 14.9. The monoisotopic (exact) mass is 645 g/mol. The first-order chi connectivity index (χ1) is 21.3. The molecule has 0 aliphatic carbocycles. The van der Waals surface area contributed by atoms with E-state index in [1.165, 1.54) is 11.1 Å². The van der Waals surface area contributed by atoms with Crippen LogP contribution in [0, 0.1) is 0 Å². The number of aliphatic hydroxyl groups excluding tert-OH is 1. The highest BCUT2D eigenvalue weighted by Gasteiger charge is 2.25. The van der Waals surface area contributed by atoms with Gasteiger partial charge in [0.2, 0.25) is 10.0 Å². The second-order valence-corrected chi connectivity index (χ2v) is 14.3. The van der Waals surface area contributed by atoms with Crippen LogP contribution < -0.4 is 15.7 Å². The number of piperazine rings is 1. The molecule has 0 spiro atoms. The number of sulfonamides is 1. The fourth-order valence-corrected chi connectivity index (χ4v) is 7.69. The molecule has 0 bridgehead atoms. The Bertz CT molecular complexity index is 1680.